The standard InChI is InChI=1S/C18H23N3O2/c1-19-7-9-22-13-4-6-17-16(11-13)15-5-3-14(12-18(15)21-17)23-10-8-20-2/h3-6,11-12,19-21H,7-10H2,1-2H3. The van der Waals surface area contributed by atoms with Gasteiger partial charge < -0.3 is 25.1 Å². The third-order valence-corrected chi connectivity index (χ3v) is 3.78. The molecule has 1 aromatic heterocycles. The smallest absolute Gasteiger partial charge is 0.121 e. The van der Waals surface area contributed by atoms with E-state index in [0.29, 0.717) is 13.2 Å². The van der Waals surface area contributed by atoms with E-state index in [4.69, 9.17) is 9.47 Å². The maximum absolute atomic E-state index is 5.75. The lowest BCUT2D eigenvalue weighted by Crippen LogP contribution is -2.15. The Kier molecular flexibility index (Phi) is 5.00. The van der Waals surface area contributed by atoms with Gasteiger partial charge in [-0.05, 0) is 44.4 Å². The summed E-state index contributed by atoms with van der Waals surface area (Å²) in [7, 11) is 3.84. The monoisotopic (exact) mass is 313 g/mol. The van der Waals surface area contributed by atoms with Gasteiger partial charge in [-0.25, -0.2) is 0 Å². The fraction of sp³-hybridized carbons (Fsp3) is 0.333. The van der Waals surface area contributed by atoms with E-state index in [9.17, 15) is 0 Å². The van der Waals surface area contributed by atoms with E-state index < -0.39 is 0 Å². The van der Waals surface area contributed by atoms with Crippen LogP contribution in [0.15, 0.2) is 36.4 Å². The number of H-pyrrole nitrogens is 1. The number of benzene rings is 2. The summed E-state index contributed by atoms with van der Waals surface area (Å²) in [5.74, 6) is 1.77. The van der Waals surface area contributed by atoms with Gasteiger partial charge >= 0.3 is 0 Å². The maximum atomic E-state index is 5.75. The SMILES string of the molecule is CNCCOc1ccc2c(c1)[nH]c1ccc(OCCNC)cc12. The van der Waals surface area contributed by atoms with Crippen molar-refractivity contribution in [3.8, 4) is 11.5 Å². The van der Waals surface area contributed by atoms with Gasteiger partial charge in [-0.1, -0.05) is 0 Å². The van der Waals surface area contributed by atoms with Crippen LogP contribution >= 0.6 is 0 Å². The lowest BCUT2D eigenvalue weighted by molar-refractivity contribution is 0.319. The van der Waals surface area contributed by atoms with Crippen molar-refractivity contribution in [3.63, 3.8) is 0 Å². The van der Waals surface area contributed by atoms with Crippen molar-refractivity contribution in [3.05, 3.63) is 36.4 Å². The fourth-order valence-electron chi connectivity index (χ4n) is 2.58. The van der Waals surface area contributed by atoms with Gasteiger partial charge in [0.2, 0.25) is 0 Å². The van der Waals surface area contributed by atoms with Crippen LogP contribution in [0.25, 0.3) is 21.8 Å². The van der Waals surface area contributed by atoms with Crippen molar-refractivity contribution in [2.45, 2.75) is 0 Å². The molecule has 1 heterocycles. The average molecular weight is 313 g/mol. The summed E-state index contributed by atoms with van der Waals surface area (Å²) in [6.45, 7) is 2.98. The van der Waals surface area contributed by atoms with Gasteiger partial charge in [-0.15, -0.1) is 0 Å². The van der Waals surface area contributed by atoms with E-state index in [1.54, 1.807) is 0 Å². The quantitative estimate of drug-likeness (QED) is 0.559. The van der Waals surface area contributed by atoms with Gasteiger partial charge in [0.05, 0.1) is 5.52 Å². The first-order chi connectivity index (χ1) is 11.3. The molecule has 0 bridgehead atoms. The molecule has 2 aromatic carbocycles. The van der Waals surface area contributed by atoms with Crippen molar-refractivity contribution in [2.24, 2.45) is 0 Å². The zero-order chi connectivity index (χ0) is 16.1. The predicted molar refractivity (Wildman–Crippen MR) is 94.6 cm³/mol. The van der Waals surface area contributed by atoms with Crippen LogP contribution < -0.4 is 20.1 Å². The summed E-state index contributed by atoms with van der Waals surface area (Å²) in [6.07, 6.45) is 0. The number of rotatable bonds is 8. The van der Waals surface area contributed by atoms with E-state index in [0.717, 1.165) is 35.6 Å². The topological polar surface area (TPSA) is 58.3 Å². The molecule has 0 fully saturated rings. The third kappa shape index (κ3) is 3.57. The molecule has 0 spiro atoms. The zero-order valence-corrected chi connectivity index (χ0v) is 13.6. The second-order valence-corrected chi connectivity index (χ2v) is 5.44. The first kappa shape index (κ1) is 15.6. The van der Waals surface area contributed by atoms with Crippen LogP contribution in [0.4, 0.5) is 0 Å². The second-order valence-electron chi connectivity index (χ2n) is 5.44. The normalized spacial score (nSPS) is 11.2. The number of aromatic nitrogens is 1. The van der Waals surface area contributed by atoms with Gasteiger partial charge in [0.1, 0.15) is 24.7 Å². The molecule has 3 rings (SSSR count). The molecular formula is C18H23N3O2. The summed E-state index contributed by atoms with van der Waals surface area (Å²) in [5.41, 5.74) is 2.18. The Morgan fingerprint density at radius 1 is 0.783 bits per heavy atom. The molecule has 0 saturated carbocycles. The lowest BCUT2D eigenvalue weighted by Gasteiger charge is -2.06. The number of nitrogens with one attached hydrogen (secondary N) is 3. The predicted octanol–water partition coefficient (Wildman–Crippen LogP) is 2.52. The fourth-order valence-corrected chi connectivity index (χ4v) is 2.58. The number of fused-ring (bicyclic) bond motifs is 3. The Bertz CT molecular complexity index is 782. The van der Waals surface area contributed by atoms with Crippen molar-refractivity contribution in [2.75, 3.05) is 40.4 Å². The molecule has 5 heteroatoms. The summed E-state index contributed by atoms with van der Waals surface area (Å²) in [5, 5.41) is 8.50. The largest absolute Gasteiger partial charge is 0.492 e. The molecule has 0 amide bonds. The number of ether oxygens (including phenoxy) is 2. The van der Waals surface area contributed by atoms with Gasteiger partial charge in [-0.3, -0.25) is 0 Å². The van der Waals surface area contributed by atoms with Crippen molar-refractivity contribution in [1.29, 1.82) is 0 Å². The molecule has 0 radical (unpaired) electrons. The van der Waals surface area contributed by atoms with Crippen LogP contribution in [0.3, 0.4) is 0 Å². The summed E-state index contributed by atoms with van der Waals surface area (Å²) < 4.78 is 11.5. The van der Waals surface area contributed by atoms with Crippen LogP contribution in [0, 0.1) is 0 Å². The van der Waals surface area contributed by atoms with E-state index in [1.807, 2.05) is 32.3 Å². The van der Waals surface area contributed by atoms with E-state index >= 15 is 0 Å². The molecule has 5 nitrogen and oxygen atoms in total. The molecule has 3 aromatic rings. The highest BCUT2D eigenvalue weighted by molar-refractivity contribution is 6.08. The highest BCUT2D eigenvalue weighted by Crippen LogP contribution is 2.30. The molecule has 0 aliphatic heterocycles. The number of aromatic amines is 1. The minimum Gasteiger partial charge on any atom is -0.492 e. The Labute approximate surface area is 136 Å². The lowest BCUT2D eigenvalue weighted by atomic mass is 10.1. The first-order valence-electron chi connectivity index (χ1n) is 7.92. The second kappa shape index (κ2) is 7.35. The molecule has 0 aliphatic carbocycles. The highest BCUT2D eigenvalue weighted by Gasteiger charge is 2.07. The van der Waals surface area contributed by atoms with Gasteiger partial charge in [0, 0.05) is 35.4 Å². The Morgan fingerprint density at radius 2 is 1.43 bits per heavy atom. The van der Waals surface area contributed by atoms with E-state index in [1.165, 1.54) is 10.8 Å². The maximum Gasteiger partial charge on any atom is 0.121 e. The summed E-state index contributed by atoms with van der Waals surface area (Å²) in [4.78, 5) is 3.44. The average Bonchev–Trinajstić information content (AvgIpc) is 2.92. The summed E-state index contributed by atoms with van der Waals surface area (Å²) in [6, 6.07) is 12.3. The molecular weight excluding hydrogens is 290 g/mol. The van der Waals surface area contributed by atoms with Crippen LogP contribution in [-0.4, -0.2) is 45.4 Å². The highest BCUT2D eigenvalue weighted by atomic mass is 16.5. The minimum absolute atomic E-state index is 0.658. The van der Waals surface area contributed by atoms with Crippen LogP contribution in [0.1, 0.15) is 0 Å². The molecule has 0 unspecified atom stereocenters. The van der Waals surface area contributed by atoms with Gasteiger partial charge in [0.15, 0.2) is 0 Å². The molecule has 0 aliphatic rings. The molecule has 23 heavy (non-hydrogen) atoms. The van der Waals surface area contributed by atoms with Gasteiger partial charge in [-0.2, -0.15) is 0 Å². The minimum atomic E-state index is 0.658. The van der Waals surface area contributed by atoms with Crippen LogP contribution in [0.5, 0.6) is 11.5 Å². The first-order valence-corrected chi connectivity index (χ1v) is 7.92. The zero-order valence-electron chi connectivity index (χ0n) is 13.6. The molecule has 0 saturated heterocycles. The molecule has 0 atom stereocenters. The number of hydrogen-bond donors (Lipinski definition) is 3. The van der Waals surface area contributed by atoms with Crippen molar-refractivity contribution < 1.29 is 9.47 Å². The summed E-state index contributed by atoms with van der Waals surface area (Å²) >= 11 is 0. The van der Waals surface area contributed by atoms with Gasteiger partial charge in [0.25, 0.3) is 0 Å². The molecule has 3 N–H and O–H groups in total. The number of hydrogen-bond acceptors (Lipinski definition) is 4. The third-order valence-electron chi connectivity index (χ3n) is 3.78. The molecule has 122 valence electrons. The Morgan fingerprint density at radius 3 is 2.13 bits per heavy atom. The van der Waals surface area contributed by atoms with Crippen LogP contribution in [-0.2, 0) is 0 Å². The van der Waals surface area contributed by atoms with E-state index in [-0.39, 0.29) is 0 Å². The van der Waals surface area contributed by atoms with Crippen molar-refractivity contribution in [1.82, 2.24) is 15.6 Å². The van der Waals surface area contributed by atoms with E-state index in [2.05, 4.69) is 33.8 Å². The van der Waals surface area contributed by atoms with Crippen molar-refractivity contribution >= 4 is 21.8 Å². The Hall–Kier alpha value is -2.24. The van der Waals surface area contributed by atoms with Crippen LogP contribution in [0.2, 0.25) is 0 Å². The Balaban J connectivity index is 1.86. The number of likely N-dealkylation sites (N-methyl/N-ethyl adjacent to an activating group) is 2.